The van der Waals surface area contributed by atoms with Crippen LogP contribution in [0.4, 0.5) is 0 Å². The second-order valence-electron chi connectivity index (χ2n) is 5.81. The summed E-state index contributed by atoms with van der Waals surface area (Å²) in [5.41, 5.74) is 3.65. The van der Waals surface area contributed by atoms with Crippen molar-refractivity contribution in [2.75, 3.05) is 0 Å². The van der Waals surface area contributed by atoms with Gasteiger partial charge in [0.15, 0.2) is 0 Å². The van der Waals surface area contributed by atoms with E-state index in [9.17, 15) is 9.90 Å². The lowest BCUT2D eigenvalue weighted by Gasteiger charge is -2.28. The van der Waals surface area contributed by atoms with Gasteiger partial charge in [-0.15, -0.1) is 0 Å². The maximum absolute atomic E-state index is 11.7. The summed E-state index contributed by atoms with van der Waals surface area (Å²) >= 11 is 0. The molecule has 0 saturated carbocycles. The van der Waals surface area contributed by atoms with E-state index in [0.717, 1.165) is 22.3 Å². The van der Waals surface area contributed by atoms with E-state index < -0.39 is 0 Å². The van der Waals surface area contributed by atoms with Gasteiger partial charge in [0.25, 0.3) is 0 Å². The molecule has 0 bridgehead atoms. The largest absolute Gasteiger partial charge is 0.507 e. The number of rotatable bonds is 4. The van der Waals surface area contributed by atoms with Crippen LogP contribution in [-0.4, -0.2) is 10.9 Å². The molecule has 1 aromatic rings. The molecule has 0 radical (unpaired) electrons. The highest BCUT2D eigenvalue weighted by molar-refractivity contribution is 5.80. The zero-order valence-electron chi connectivity index (χ0n) is 12.3. The summed E-state index contributed by atoms with van der Waals surface area (Å²) in [7, 11) is 0. The van der Waals surface area contributed by atoms with Gasteiger partial charge in [0, 0.05) is 23.8 Å². The standard InChI is InChI=1S/C16H24O2/c1-7-13(17)9-16(5,6)14-11(3)8-10(2)12(4)15(14)18/h8,18H,7,9H2,1-6H3. The van der Waals surface area contributed by atoms with Gasteiger partial charge in [0.05, 0.1) is 0 Å². The molecule has 100 valence electrons. The molecule has 0 heterocycles. The first-order chi connectivity index (χ1) is 8.20. The fraction of sp³-hybridized carbons (Fsp3) is 0.562. The minimum Gasteiger partial charge on any atom is -0.507 e. The van der Waals surface area contributed by atoms with Crippen LogP contribution in [0.15, 0.2) is 6.07 Å². The second kappa shape index (κ2) is 5.13. The van der Waals surface area contributed by atoms with Crippen molar-refractivity contribution >= 4 is 5.78 Å². The van der Waals surface area contributed by atoms with Crippen LogP contribution in [0.5, 0.6) is 5.75 Å². The lowest BCUT2D eigenvalue weighted by atomic mass is 9.76. The van der Waals surface area contributed by atoms with Crippen molar-refractivity contribution in [3.8, 4) is 5.75 Å². The molecule has 0 saturated heterocycles. The van der Waals surface area contributed by atoms with E-state index in [4.69, 9.17) is 0 Å². The van der Waals surface area contributed by atoms with E-state index in [0.29, 0.717) is 18.6 Å². The Kier molecular flexibility index (Phi) is 4.20. The van der Waals surface area contributed by atoms with Gasteiger partial charge in [-0.25, -0.2) is 0 Å². The zero-order chi connectivity index (χ0) is 14.1. The first-order valence-corrected chi connectivity index (χ1v) is 6.52. The number of carbonyl (C=O) groups is 1. The number of carbonyl (C=O) groups excluding carboxylic acids is 1. The van der Waals surface area contributed by atoms with Crippen molar-refractivity contribution in [2.24, 2.45) is 0 Å². The fourth-order valence-electron chi connectivity index (χ4n) is 2.63. The number of phenols is 1. The van der Waals surface area contributed by atoms with E-state index in [-0.39, 0.29) is 11.2 Å². The Hall–Kier alpha value is -1.31. The molecule has 0 unspecified atom stereocenters. The Morgan fingerprint density at radius 1 is 1.22 bits per heavy atom. The number of aromatic hydroxyl groups is 1. The number of aryl methyl sites for hydroxylation is 2. The summed E-state index contributed by atoms with van der Waals surface area (Å²) in [6.07, 6.45) is 1.02. The second-order valence-corrected chi connectivity index (χ2v) is 5.81. The van der Waals surface area contributed by atoms with E-state index in [2.05, 4.69) is 6.07 Å². The first-order valence-electron chi connectivity index (χ1n) is 6.52. The number of Topliss-reactive ketones (excluding diaryl/α,β-unsaturated/α-hetero) is 1. The van der Waals surface area contributed by atoms with E-state index in [1.807, 2.05) is 41.5 Å². The minimum absolute atomic E-state index is 0.233. The first kappa shape index (κ1) is 14.7. The van der Waals surface area contributed by atoms with Crippen LogP contribution in [0.2, 0.25) is 0 Å². The highest BCUT2D eigenvalue weighted by Gasteiger charge is 2.29. The van der Waals surface area contributed by atoms with E-state index in [1.54, 1.807) is 0 Å². The van der Waals surface area contributed by atoms with Gasteiger partial charge < -0.3 is 5.11 Å². The van der Waals surface area contributed by atoms with Gasteiger partial charge in [-0.05, 0) is 37.5 Å². The SMILES string of the molecule is CCC(=O)CC(C)(C)c1c(C)cc(C)c(C)c1O. The third kappa shape index (κ3) is 2.74. The summed E-state index contributed by atoms with van der Waals surface area (Å²) in [4.78, 5) is 11.7. The number of hydrogen-bond donors (Lipinski definition) is 1. The third-order valence-electron chi connectivity index (χ3n) is 3.72. The molecule has 0 atom stereocenters. The number of phenolic OH excluding ortho intramolecular Hbond substituents is 1. The van der Waals surface area contributed by atoms with Gasteiger partial charge in [-0.1, -0.05) is 26.8 Å². The van der Waals surface area contributed by atoms with Crippen LogP contribution in [0.1, 0.15) is 55.9 Å². The molecular formula is C16H24O2. The Morgan fingerprint density at radius 3 is 2.28 bits per heavy atom. The molecule has 1 aromatic carbocycles. The van der Waals surface area contributed by atoms with Crippen LogP contribution in [0.3, 0.4) is 0 Å². The topological polar surface area (TPSA) is 37.3 Å². The smallest absolute Gasteiger partial charge is 0.133 e. The Balaban J connectivity index is 3.32. The molecule has 0 aliphatic carbocycles. The predicted molar refractivity (Wildman–Crippen MR) is 75.3 cm³/mol. The van der Waals surface area contributed by atoms with Gasteiger partial charge in [-0.2, -0.15) is 0 Å². The van der Waals surface area contributed by atoms with E-state index >= 15 is 0 Å². The van der Waals surface area contributed by atoms with Crippen LogP contribution in [0.25, 0.3) is 0 Å². The Morgan fingerprint density at radius 2 is 1.78 bits per heavy atom. The highest BCUT2D eigenvalue weighted by atomic mass is 16.3. The van der Waals surface area contributed by atoms with Gasteiger partial charge in [-0.3, -0.25) is 4.79 Å². The van der Waals surface area contributed by atoms with Crippen LogP contribution in [-0.2, 0) is 10.2 Å². The fourth-order valence-corrected chi connectivity index (χ4v) is 2.63. The lowest BCUT2D eigenvalue weighted by molar-refractivity contribution is -0.119. The Labute approximate surface area is 110 Å². The molecule has 1 N–H and O–H groups in total. The average Bonchev–Trinajstić information content (AvgIpc) is 2.24. The molecule has 1 rings (SSSR count). The molecule has 2 heteroatoms. The zero-order valence-corrected chi connectivity index (χ0v) is 12.3. The highest BCUT2D eigenvalue weighted by Crippen LogP contribution is 2.39. The predicted octanol–water partition coefficient (Wildman–Crippen LogP) is 3.96. The van der Waals surface area contributed by atoms with Gasteiger partial charge in [0.1, 0.15) is 11.5 Å². The Bertz CT molecular complexity index is 470. The molecule has 0 spiro atoms. The minimum atomic E-state index is -0.320. The summed E-state index contributed by atoms with van der Waals surface area (Å²) in [6.45, 7) is 11.8. The van der Waals surface area contributed by atoms with Crippen LogP contribution in [0, 0.1) is 20.8 Å². The average molecular weight is 248 g/mol. The maximum Gasteiger partial charge on any atom is 0.133 e. The third-order valence-corrected chi connectivity index (χ3v) is 3.72. The normalized spacial score (nSPS) is 11.7. The summed E-state index contributed by atoms with van der Waals surface area (Å²) < 4.78 is 0. The quantitative estimate of drug-likeness (QED) is 0.875. The van der Waals surface area contributed by atoms with Crippen molar-refractivity contribution in [2.45, 2.75) is 59.8 Å². The molecule has 0 aromatic heterocycles. The molecular weight excluding hydrogens is 224 g/mol. The van der Waals surface area contributed by atoms with Crippen molar-refractivity contribution in [3.05, 3.63) is 28.3 Å². The monoisotopic (exact) mass is 248 g/mol. The van der Waals surface area contributed by atoms with Gasteiger partial charge in [0.2, 0.25) is 0 Å². The van der Waals surface area contributed by atoms with E-state index in [1.165, 1.54) is 0 Å². The van der Waals surface area contributed by atoms with Crippen molar-refractivity contribution in [1.29, 1.82) is 0 Å². The summed E-state index contributed by atoms with van der Waals surface area (Å²) in [5.74, 6) is 0.582. The number of ketones is 1. The van der Waals surface area contributed by atoms with Crippen LogP contribution >= 0.6 is 0 Å². The number of hydrogen-bond acceptors (Lipinski definition) is 2. The van der Waals surface area contributed by atoms with Crippen molar-refractivity contribution < 1.29 is 9.90 Å². The van der Waals surface area contributed by atoms with Gasteiger partial charge >= 0.3 is 0 Å². The van der Waals surface area contributed by atoms with Crippen molar-refractivity contribution in [3.63, 3.8) is 0 Å². The molecule has 0 amide bonds. The maximum atomic E-state index is 11.7. The van der Waals surface area contributed by atoms with Crippen LogP contribution < -0.4 is 0 Å². The molecule has 0 fully saturated rings. The molecule has 0 aliphatic heterocycles. The molecule has 2 nitrogen and oxygen atoms in total. The van der Waals surface area contributed by atoms with Crippen molar-refractivity contribution in [1.82, 2.24) is 0 Å². The summed E-state index contributed by atoms with van der Waals surface area (Å²) in [5, 5.41) is 10.4. The number of benzene rings is 1. The molecule has 0 aliphatic rings. The lowest BCUT2D eigenvalue weighted by Crippen LogP contribution is -2.23. The molecule has 18 heavy (non-hydrogen) atoms. The summed E-state index contributed by atoms with van der Waals surface area (Å²) in [6, 6.07) is 2.09.